The van der Waals surface area contributed by atoms with E-state index in [9.17, 15) is 79.7 Å². The Labute approximate surface area is 277 Å². The number of nitrogens with zero attached hydrogens (tertiary/aromatic N) is 1. The molecule has 1 aliphatic heterocycles. The molecule has 2 aromatic rings. The van der Waals surface area contributed by atoms with Crippen LogP contribution in [0.2, 0.25) is 16.8 Å². The van der Waals surface area contributed by atoms with Gasteiger partial charge in [0.25, 0.3) is 0 Å². The molecule has 1 N–H and O–H groups in total. The van der Waals surface area contributed by atoms with Crippen LogP contribution in [-0.2, 0) is 12.1 Å². The van der Waals surface area contributed by atoms with Crippen molar-refractivity contribution in [3.05, 3.63) is 65.7 Å². The molecule has 1 saturated heterocycles. The van der Waals surface area contributed by atoms with Crippen molar-refractivity contribution in [3.63, 3.8) is 0 Å². The van der Waals surface area contributed by atoms with Crippen LogP contribution in [0.15, 0.2) is 54.6 Å². The van der Waals surface area contributed by atoms with E-state index >= 15 is 0 Å². The Morgan fingerprint density at radius 1 is 0.620 bits per heavy atom. The number of hydrogen-bond donors (Lipinski definition) is 1. The molecule has 1 aliphatic rings. The van der Waals surface area contributed by atoms with Crippen molar-refractivity contribution in [2.75, 3.05) is 13.1 Å². The van der Waals surface area contributed by atoms with Crippen LogP contribution in [-0.4, -0.2) is 84.0 Å². The van der Waals surface area contributed by atoms with Crippen LogP contribution in [0.4, 0.5) is 74.6 Å². The molecular weight excluding hydrogens is 786 g/mol. The van der Waals surface area contributed by atoms with E-state index < -0.39 is 78.2 Å². The molecule has 1 heterocycles. The van der Waals surface area contributed by atoms with E-state index in [1.807, 2.05) is 30.3 Å². The average molecular weight is 816 g/mol. The molecule has 3 rings (SSSR count). The molecule has 1 fully saturated rings. The van der Waals surface area contributed by atoms with Crippen LogP contribution in [0.5, 0.6) is 0 Å². The molecule has 0 saturated carbocycles. The number of aliphatic hydroxyl groups is 1. The monoisotopic (exact) mass is 817 g/mol. The van der Waals surface area contributed by atoms with Crippen LogP contribution >= 0.6 is 0 Å². The van der Waals surface area contributed by atoms with Gasteiger partial charge in [-0.2, -0.15) is 0 Å². The summed E-state index contributed by atoms with van der Waals surface area (Å²) in [5, 5.41) is 10.2. The number of piperidine rings is 1. The quantitative estimate of drug-likeness (QED) is 0.161. The zero-order valence-electron chi connectivity index (χ0n) is 26.0. The zero-order chi connectivity index (χ0) is 38.6. The molecule has 284 valence electrons. The molecule has 2 nitrogen and oxygen atoms in total. The Kier molecular flexibility index (Phi) is 11.2. The first kappa shape index (κ1) is 42.1. The van der Waals surface area contributed by atoms with Gasteiger partial charge in [0.15, 0.2) is 0 Å². The first-order valence-electron chi connectivity index (χ1n) is 14.6. The van der Waals surface area contributed by atoms with Gasteiger partial charge < -0.3 is 0 Å². The molecular formula is C30H30F17GeNO. The molecule has 0 amide bonds. The van der Waals surface area contributed by atoms with Gasteiger partial charge in [0.2, 0.25) is 0 Å². The van der Waals surface area contributed by atoms with Crippen molar-refractivity contribution in [2.24, 2.45) is 0 Å². The van der Waals surface area contributed by atoms with Gasteiger partial charge in [-0.05, 0) is 0 Å². The summed E-state index contributed by atoms with van der Waals surface area (Å²) < 4.78 is 233. The van der Waals surface area contributed by atoms with Gasteiger partial charge in [0, 0.05) is 0 Å². The average Bonchev–Trinajstić information content (AvgIpc) is 3.01. The second-order valence-corrected chi connectivity index (χ2v) is 23.1. The molecule has 0 atom stereocenters. The Hall–Kier alpha value is -2.29. The van der Waals surface area contributed by atoms with E-state index in [1.54, 1.807) is 0 Å². The van der Waals surface area contributed by atoms with Gasteiger partial charge in [0.05, 0.1) is 0 Å². The molecule has 0 aromatic heterocycles. The first-order chi connectivity index (χ1) is 22.3. The van der Waals surface area contributed by atoms with Gasteiger partial charge >= 0.3 is 277 Å². The van der Waals surface area contributed by atoms with Crippen LogP contribution in [0.1, 0.15) is 30.4 Å². The minimum absolute atomic E-state index is 0.197. The van der Waals surface area contributed by atoms with Crippen LogP contribution in [0.25, 0.3) is 0 Å². The van der Waals surface area contributed by atoms with Gasteiger partial charge in [-0.15, -0.1) is 0 Å². The van der Waals surface area contributed by atoms with E-state index in [0.29, 0.717) is 19.6 Å². The molecule has 0 spiro atoms. The predicted octanol–water partition coefficient (Wildman–Crippen LogP) is 9.49. The summed E-state index contributed by atoms with van der Waals surface area (Å²) in [4.78, 5) is 2.05. The predicted molar refractivity (Wildman–Crippen MR) is 149 cm³/mol. The van der Waals surface area contributed by atoms with Gasteiger partial charge in [0.1, 0.15) is 0 Å². The van der Waals surface area contributed by atoms with Crippen molar-refractivity contribution in [3.8, 4) is 0 Å². The Morgan fingerprint density at radius 2 is 1.08 bits per heavy atom. The molecule has 20 heteroatoms. The second kappa shape index (κ2) is 13.3. The number of likely N-dealkylation sites (tertiary alicyclic amines) is 1. The van der Waals surface area contributed by atoms with Gasteiger partial charge in [-0.3, -0.25) is 0 Å². The topological polar surface area (TPSA) is 23.5 Å². The summed E-state index contributed by atoms with van der Waals surface area (Å²) in [6.07, 6.45) is -9.84. The molecule has 0 aliphatic carbocycles. The molecule has 0 bridgehead atoms. The Balaban J connectivity index is 1.81. The van der Waals surface area contributed by atoms with Crippen molar-refractivity contribution in [2.45, 2.75) is 95.8 Å². The molecule has 0 unspecified atom stereocenters. The second-order valence-electron chi connectivity index (χ2n) is 12.9. The third-order valence-electron chi connectivity index (χ3n) is 8.96. The van der Waals surface area contributed by atoms with E-state index in [1.165, 1.54) is 35.8 Å². The summed E-state index contributed by atoms with van der Waals surface area (Å²) in [5.74, 6) is -53.8. The van der Waals surface area contributed by atoms with E-state index in [-0.39, 0.29) is 22.8 Å². The maximum atomic E-state index is 14.7. The zero-order valence-corrected chi connectivity index (χ0v) is 28.1. The first-order valence-corrected chi connectivity index (χ1v) is 21.4. The van der Waals surface area contributed by atoms with E-state index in [4.69, 9.17) is 0 Å². The number of rotatable bonds is 13. The van der Waals surface area contributed by atoms with Crippen molar-refractivity contribution >= 4 is 17.7 Å². The summed E-state index contributed by atoms with van der Waals surface area (Å²) in [6, 6.07) is 14.9. The third-order valence-corrected chi connectivity index (χ3v) is 16.0. The summed E-state index contributed by atoms with van der Waals surface area (Å²) in [7, 11) is 0. The number of alkyl halides is 17. The fourth-order valence-corrected chi connectivity index (χ4v) is 10.3. The third kappa shape index (κ3) is 7.07. The Bertz CT molecular complexity index is 1470. The maximum absolute atomic E-state index is 14.7. The summed E-state index contributed by atoms with van der Waals surface area (Å²) >= 11 is -4.16. The molecule has 2 aromatic carbocycles. The van der Waals surface area contributed by atoms with Crippen molar-refractivity contribution < 1.29 is 79.7 Å². The van der Waals surface area contributed by atoms with Crippen molar-refractivity contribution in [1.82, 2.24) is 4.90 Å². The van der Waals surface area contributed by atoms with Gasteiger partial charge in [-0.1, -0.05) is 0 Å². The number of hydrogen-bond acceptors (Lipinski definition) is 2. The van der Waals surface area contributed by atoms with Crippen molar-refractivity contribution in [1.29, 1.82) is 0 Å². The Morgan fingerprint density at radius 3 is 1.56 bits per heavy atom. The SMILES string of the molecule is [CH3][Ge]([CH3])([CH2]CC(F)(F)C(F)(F)C(F)(F)C(F)(F)C(F)(F)C(F)(F)C(F)(F)C(F)(F)F)[c]1cccc(C2(O)CCN(Cc3ccccc3)CC2)c1. The molecule has 0 radical (unpaired) electrons. The number of benzene rings is 2. The summed E-state index contributed by atoms with van der Waals surface area (Å²) in [6.45, 7) is 1.40. The van der Waals surface area contributed by atoms with Crippen LogP contribution < -0.4 is 4.40 Å². The van der Waals surface area contributed by atoms with E-state index in [0.717, 1.165) is 5.56 Å². The number of halogens is 17. The molecule has 50 heavy (non-hydrogen) atoms. The fraction of sp³-hybridized carbons (Fsp3) is 0.600. The van der Waals surface area contributed by atoms with E-state index in [2.05, 4.69) is 4.90 Å². The standard InChI is InChI=1S/C30H30F17GeNO/c1-48(2,21-10-6-9-20(17-21)22(50)12-15-49(16-13-22)18-19-7-4-3-5-8-19)14-11-23(31,32)24(33,34)25(35,36)26(37,38)27(39,40)28(41,42)29(43,44)30(45,46)47/h3-10,17,50H,11-16,18H2,1-2H3. The van der Waals surface area contributed by atoms with Crippen LogP contribution in [0, 0.1) is 0 Å². The normalized spacial score (nSPS) is 18.0. The van der Waals surface area contributed by atoms with Gasteiger partial charge in [-0.25, -0.2) is 0 Å². The minimum atomic E-state index is -8.64. The summed E-state index contributed by atoms with van der Waals surface area (Å²) in [5.41, 5.74) is -0.147. The fourth-order valence-electron chi connectivity index (χ4n) is 5.41. The van der Waals surface area contributed by atoms with Crippen LogP contribution in [0.3, 0.4) is 0 Å².